The second kappa shape index (κ2) is 8.75. The van der Waals surface area contributed by atoms with E-state index in [1.54, 1.807) is 0 Å². The van der Waals surface area contributed by atoms with Crippen LogP contribution >= 0.6 is 0 Å². The molecule has 0 atom stereocenters. The molecule has 0 heterocycles. The second-order valence-corrected chi connectivity index (χ2v) is 5.47. The third kappa shape index (κ3) is 12.2. The molecule has 0 saturated heterocycles. The summed E-state index contributed by atoms with van der Waals surface area (Å²) in [6, 6.07) is 0. The highest BCUT2D eigenvalue weighted by Crippen LogP contribution is 2.22. The largest absolute Gasteiger partial charge is 0.411 e. The first kappa shape index (κ1) is 17.7. The zero-order valence-electron chi connectivity index (χ0n) is 11.7. The fourth-order valence-electron chi connectivity index (χ4n) is 1.70. The average molecular weight is 269 g/mol. The lowest BCUT2D eigenvalue weighted by molar-refractivity contribution is -0.173. The molecule has 110 valence electrons. The van der Waals surface area contributed by atoms with Crippen LogP contribution in [0.1, 0.15) is 46.5 Å². The van der Waals surface area contributed by atoms with Crippen LogP contribution in [0, 0.1) is 5.41 Å². The van der Waals surface area contributed by atoms with Crippen molar-refractivity contribution in [3.8, 4) is 0 Å². The summed E-state index contributed by atoms with van der Waals surface area (Å²) in [6.07, 6.45) is 0.555. The molecule has 0 aromatic heterocycles. The Bertz CT molecular complexity index is 205. The van der Waals surface area contributed by atoms with Crippen LogP contribution in [-0.4, -0.2) is 32.5 Å². The summed E-state index contributed by atoms with van der Waals surface area (Å²) in [6.45, 7) is 6.74. The molecule has 0 unspecified atom stereocenters. The van der Waals surface area contributed by atoms with Gasteiger partial charge in [0.2, 0.25) is 0 Å². The monoisotopic (exact) mass is 269 g/mol. The van der Waals surface area contributed by atoms with E-state index in [0.717, 1.165) is 13.0 Å². The van der Waals surface area contributed by atoms with Gasteiger partial charge in [0.15, 0.2) is 0 Å². The van der Waals surface area contributed by atoms with Crippen LogP contribution in [0.15, 0.2) is 0 Å². The van der Waals surface area contributed by atoms with E-state index < -0.39 is 12.8 Å². The number of rotatable bonds is 10. The Morgan fingerprint density at radius 3 is 2.33 bits per heavy atom. The van der Waals surface area contributed by atoms with E-state index in [2.05, 4.69) is 30.8 Å². The molecule has 0 radical (unpaired) electrons. The van der Waals surface area contributed by atoms with Crippen molar-refractivity contribution in [2.75, 3.05) is 26.3 Å². The van der Waals surface area contributed by atoms with Crippen LogP contribution in [0.2, 0.25) is 0 Å². The van der Waals surface area contributed by atoms with Crippen molar-refractivity contribution >= 4 is 0 Å². The average Bonchev–Trinajstić information content (AvgIpc) is 2.22. The van der Waals surface area contributed by atoms with Crippen LogP contribution < -0.4 is 5.32 Å². The van der Waals surface area contributed by atoms with Crippen molar-refractivity contribution in [3.63, 3.8) is 0 Å². The Morgan fingerprint density at radius 1 is 1.11 bits per heavy atom. The van der Waals surface area contributed by atoms with Gasteiger partial charge in [-0.05, 0) is 11.8 Å². The van der Waals surface area contributed by atoms with Gasteiger partial charge in [-0.3, -0.25) is 0 Å². The minimum absolute atomic E-state index is 0.102. The fraction of sp³-hybridized carbons (Fsp3) is 1.00. The molecular weight excluding hydrogens is 243 g/mol. The molecule has 0 aromatic carbocycles. The predicted molar refractivity (Wildman–Crippen MR) is 67.7 cm³/mol. The summed E-state index contributed by atoms with van der Waals surface area (Å²) in [5.41, 5.74) is 0.194. The molecule has 0 aromatic rings. The molecule has 0 fully saturated rings. The van der Waals surface area contributed by atoms with E-state index in [4.69, 9.17) is 0 Å². The standard InChI is InChI=1S/C13H26F3NO/c1-4-5-6-7-12(2,3)10-17-8-9-18-11-13(14,15)16/h17H,4-11H2,1-3H3. The van der Waals surface area contributed by atoms with Crippen molar-refractivity contribution in [3.05, 3.63) is 0 Å². The van der Waals surface area contributed by atoms with Gasteiger partial charge in [0.1, 0.15) is 6.61 Å². The van der Waals surface area contributed by atoms with Crippen molar-refractivity contribution in [2.24, 2.45) is 5.41 Å². The number of unbranched alkanes of at least 4 members (excludes halogenated alkanes) is 2. The molecule has 0 aliphatic rings. The van der Waals surface area contributed by atoms with Gasteiger partial charge in [0.05, 0.1) is 6.61 Å². The Hall–Kier alpha value is -0.290. The number of nitrogens with one attached hydrogen (secondary N) is 1. The summed E-state index contributed by atoms with van der Waals surface area (Å²) in [4.78, 5) is 0. The molecule has 2 nitrogen and oxygen atoms in total. The smallest absolute Gasteiger partial charge is 0.371 e. The van der Waals surface area contributed by atoms with Gasteiger partial charge in [-0.2, -0.15) is 13.2 Å². The molecule has 0 aliphatic carbocycles. The van der Waals surface area contributed by atoms with Gasteiger partial charge < -0.3 is 10.1 Å². The van der Waals surface area contributed by atoms with Crippen molar-refractivity contribution in [1.29, 1.82) is 0 Å². The first-order chi connectivity index (χ1) is 8.27. The van der Waals surface area contributed by atoms with E-state index in [0.29, 0.717) is 6.54 Å². The van der Waals surface area contributed by atoms with Crippen molar-refractivity contribution in [1.82, 2.24) is 5.32 Å². The van der Waals surface area contributed by atoms with Crippen LogP contribution in [-0.2, 0) is 4.74 Å². The first-order valence-electron chi connectivity index (χ1n) is 6.62. The van der Waals surface area contributed by atoms with Crippen LogP contribution in [0.3, 0.4) is 0 Å². The SMILES string of the molecule is CCCCCC(C)(C)CNCCOCC(F)(F)F. The van der Waals surface area contributed by atoms with Gasteiger partial charge in [-0.1, -0.05) is 40.0 Å². The van der Waals surface area contributed by atoms with E-state index in [9.17, 15) is 13.2 Å². The fourth-order valence-corrected chi connectivity index (χ4v) is 1.70. The maximum atomic E-state index is 11.8. The van der Waals surface area contributed by atoms with E-state index in [1.165, 1.54) is 19.3 Å². The number of alkyl halides is 3. The number of hydrogen-bond acceptors (Lipinski definition) is 2. The third-order valence-corrected chi connectivity index (χ3v) is 2.75. The molecule has 0 bridgehead atoms. The zero-order valence-corrected chi connectivity index (χ0v) is 11.7. The van der Waals surface area contributed by atoms with E-state index >= 15 is 0 Å². The summed E-state index contributed by atoms with van der Waals surface area (Å²) < 4.78 is 39.9. The summed E-state index contributed by atoms with van der Waals surface area (Å²) in [5.74, 6) is 0. The maximum Gasteiger partial charge on any atom is 0.411 e. The minimum Gasteiger partial charge on any atom is -0.371 e. The van der Waals surface area contributed by atoms with Crippen LogP contribution in [0.25, 0.3) is 0 Å². The lowest BCUT2D eigenvalue weighted by Gasteiger charge is -2.25. The highest BCUT2D eigenvalue weighted by Gasteiger charge is 2.27. The van der Waals surface area contributed by atoms with Gasteiger partial charge in [-0.15, -0.1) is 0 Å². The van der Waals surface area contributed by atoms with Gasteiger partial charge >= 0.3 is 6.18 Å². The van der Waals surface area contributed by atoms with Crippen molar-refractivity contribution < 1.29 is 17.9 Å². The van der Waals surface area contributed by atoms with Crippen LogP contribution in [0.4, 0.5) is 13.2 Å². The van der Waals surface area contributed by atoms with Crippen molar-refractivity contribution in [2.45, 2.75) is 52.6 Å². The molecule has 0 saturated carbocycles. The zero-order chi connectivity index (χ0) is 14.1. The Balaban J connectivity index is 3.46. The second-order valence-electron chi connectivity index (χ2n) is 5.47. The summed E-state index contributed by atoms with van der Waals surface area (Å²) >= 11 is 0. The molecule has 1 N–H and O–H groups in total. The predicted octanol–water partition coefficient (Wildman–Crippen LogP) is 3.76. The number of hydrogen-bond donors (Lipinski definition) is 1. The van der Waals surface area contributed by atoms with Gasteiger partial charge in [0, 0.05) is 13.1 Å². The topological polar surface area (TPSA) is 21.3 Å². The molecule has 0 amide bonds. The first-order valence-corrected chi connectivity index (χ1v) is 6.62. The molecule has 5 heteroatoms. The molecule has 18 heavy (non-hydrogen) atoms. The van der Waals surface area contributed by atoms with Crippen LogP contribution in [0.5, 0.6) is 0 Å². The quantitative estimate of drug-likeness (QED) is 0.610. The normalized spacial score (nSPS) is 13.0. The minimum atomic E-state index is -4.22. The maximum absolute atomic E-state index is 11.8. The molecule has 0 aliphatic heterocycles. The van der Waals surface area contributed by atoms with Gasteiger partial charge in [0.25, 0.3) is 0 Å². The summed E-state index contributed by atoms with van der Waals surface area (Å²) in [7, 11) is 0. The lowest BCUT2D eigenvalue weighted by atomic mass is 9.87. The lowest BCUT2D eigenvalue weighted by Crippen LogP contribution is -2.32. The summed E-state index contributed by atoms with van der Waals surface area (Å²) in [5, 5.41) is 3.15. The molecule has 0 rings (SSSR count). The molecule has 0 spiro atoms. The Morgan fingerprint density at radius 2 is 1.78 bits per heavy atom. The molecular formula is C13H26F3NO. The Labute approximate surface area is 108 Å². The van der Waals surface area contributed by atoms with E-state index in [-0.39, 0.29) is 12.0 Å². The highest BCUT2D eigenvalue weighted by molar-refractivity contribution is 4.71. The third-order valence-electron chi connectivity index (χ3n) is 2.75. The van der Waals surface area contributed by atoms with Gasteiger partial charge in [-0.25, -0.2) is 0 Å². The Kier molecular flexibility index (Phi) is 8.61. The highest BCUT2D eigenvalue weighted by atomic mass is 19.4. The number of ether oxygens (including phenoxy) is 1. The van der Waals surface area contributed by atoms with E-state index in [1.807, 2.05) is 0 Å². The number of halogens is 3.